The normalized spacial score (nSPS) is 13.7. The third kappa shape index (κ3) is 26.8. The van der Waals surface area contributed by atoms with E-state index in [9.17, 15) is 28.3 Å². The lowest BCUT2D eigenvalue weighted by atomic mass is 10.1. The molecule has 0 radical (unpaired) electrons. The SMILES string of the molecule is CC.CC.CN[C@@H](CCC(N)=O)C(=O)Nc1ccc(COP(N)(=O)N(CCCl)CCCl)cc1.NC(=O)CC[C@H](N)C(=O)Nc1ccc(COP(N)(=O)N(CCCl)CCCl)cc1. The Bertz CT molecular complexity index is 1630. The lowest BCUT2D eigenvalue weighted by Crippen LogP contribution is -2.39. The average Bonchev–Trinajstić information content (AvgIpc) is 3.24. The molecule has 0 saturated carbocycles. The van der Waals surface area contributed by atoms with Crippen LogP contribution in [-0.2, 0) is 50.6 Å². The number of carbonyl (C=O) groups is 4. The number of anilines is 2. The molecule has 61 heavy (non-hydrogen) atoms. The minimum atomic E-state index is -3.52. The maximum atomic E-state index is 12.6. The van der Waals surface area contributed by atoms with Crippen LogP contribution in [0, 0.1) is 0 Å². The van der Waals surface area contributed by atoms with Gasteiger partial charge in [0.05, 0.1) is 25.3 Å². The second kappa shape index (κ2) is 35.0. The van der Waals surface area contributed by atoms with E-state index in [-0.39, 0.29) is 61.9 Å². The first-order valence-electron chi connectivity index (χ1n) is 19.5. The Kier molecular flexibility index (Phi) is 34.9. The van der Waals surface area contributed by atoms with Gasteiger partial charge < -0.3 is 42.2 Å². The number of hydrogen-bond acceptors (Lipinski definition) is 10. The lowest BCUT2D eigenvalue weighted by molar-refractivity contribution is -0.121. The van der Waals surface area contributed by atoms with Gasteiger partial charge in [0.25, 0.3) is 0 Å². The maximum Gasteiger partial charge on any atom is 0.341 e. The van der Waals surface area contributed by atoms with Gasteiger partial charge in [-0.05, 0) is 55.3 Å². The van der Waals surface area contributed by atoms with Gasteiger partial charge in [-0.3, -0.25) is 28.3 Å². The van der Waals surface area contributed by atoms with E-state index >= 15 is 0 Å². The molecule has 0 heterocycles. The van der Waals surface area contributed by atoms with Gasteiger partial charge in [-0.25, -0.2) is 20.3 Å². The molecular weight excluding hydrogens is 916 g/mol. The van der Waals surface area contributed by atoms with E-state index in [0.29, 0.717) is 49.5 Å². The van der Waals surface area contributed by atoms with Crippen molar-refractivity contribution in [1.82, 2.24) is 14.7 Å². The topological polar surface area (TPSA) is 294 Å². The second-order valence-corrected chi connectivity index (χ2v) is 17.6. The van der Waals surface area contributed by atoms with Crippen molar-refractivity contribution in [3.8, 4) is 0 Å². The number of amides is 4. The average molecular weight is 983 g/mol. The van der Waals surface area contributed by atoms with E-state index in [4.69, 9.17) is 83.7 Å². The van der Waals surface area contributed by atoms with E-state index in [1.807, 2.05) is 27.7 Å². The van der Waals surface area contributed by atoms with Crippen molar-refractivity contribution in [3.05, 3.63) is 59.7 Å². The summed E-state index contributed by atoms with van der Waals surface area (Å²) in [6.45, 7) is 9.24. The molecule has 4 amide bonds. The Balaban J connectivity index is 0. The van der Waals surface area contributed by atoms with E-state index in [1.54, 1.807) is 55.6 Å². The molecule has 13 N–H and O–H groups in total. The van der Waals surface area contributed by atoms with Gasteiger partial charge in [0.2, 0.25) is 23.6 Å². The van der Waals surface area contributed by atoms with Crippen LogP contribution in [0.2, 0.25) is 0 Å². The van der Waals surface area contributed by atoms with Crippen LogP contribution in [-0.4, -0.2) is 102 Å². The van der Waals surface area contributed by atoms with Crippen LogP contribution in [0.15, 0.2) is 48.5 Å². The lowest BCUT2D eigenvalue weighted by Gasteiger charge is -2.26. The predicted octanol–water partition coefficient (Wildman–Crippen LogP) is 5.47. The minimum absolute atomic E-state index is 0.0151. The fraction of sp³-hybridized carbons (Fsp3) is 0.568. The molecule has 2 rings (SSSR count). The van der Waals surface area contributed by atoms with Gasteiger partial charge in [0.1, 0.15) is 0 Å². The summed E-state index contributed by atoms with van der Waals surface area (Å²) in [5.41, 5.74) is 30.0. The van der Waals surface area contributed by atoms with Crippen LogP contribution in [0.4, 0.5) is 11.4 Å². The van der Waals surface area contributed by atoms with Crippen molar-refractivity contribution in [2.75, 3.05) is 67.4 Å². The highest BCUT2D eigenvalue weighted by Gasteiger charge is 2.28. The molecule has 350 valence electrons. The molecule has 0 bridgehead atoms. The molecule has 0 spiro atoms. The summed E-state index contributed by atoms with van der Waals surface area (Å²) in [6, 6.07) is 12.1. The molecular formula is C37H66Cl4N10O8P2. The molecule has 0 fully saturated rings. The van der Waals surface area contributed by atoms with Gasteiger partial charge in [0.15, 0.2) is 0 Å². The number of nitrogens with zero attached hydrogens (tertiary/aromatic N) is 2. The predicted molar refractivity (Wildman–Crippen MR) is 250 cm³/mol. The third-order valence-electron chi connectivity index (χ3n) is 7.82. The van der Waals surface area contributed by atoms with Gasteiger partial charge in [-0.1, -0.05) is 52.0 Å². The van der Waals surface area contributed by atoms with Crippen LogP contribution in [0.1, 0.15) is 64.5 Å². The van der Waals surface area contributed by atoms with Crippen LogP contribution < -0.4 is 44.2 Å². The van der Waals surface area contributed by atoms with Crippen molar-refractivity contribution in [2.45, 2.75) is 78.7 Å². The van der Waals surface area contributed by atoms with Crippen molar-refractivity contribution in [1.29, 1.82) is 0 Å². The molecule has 2 aromatic carbocycles. The van der Waals surface area contributed by atoms with E-state index in [2.05, 4.69) is 16.0 Å². The zero-order valence-electron chi connectivity index (χ0n) is 35.6. The molecule has 4 atom stereocenters. The number of hydrogen-bond donors (Lipinski definition) is 8. The quantitative estimate of drug-likeness (QED) is 0.0407. The fourth-order valence-corrected chi connectivity index (χ4v) is 8.42. The van der Waals surface area contributed by atoms with Crippen LogP contribution in [0.3, 0.4) is 0 Å². The molecule has 18 nitrogen and oxygen atoms in total. The summed E-state index contributed by atoms with van der Waals surface area (Å²) in [6.07, 6.45) is 0.615. The number of nitrogens with two attached hydrogens (primary N) is 5. The Hall–Kier alpha value is -2.38. The number of rotatable bonds is 27. The summed E-state index contributed by atoms with van der Waals surface area (Å²) in [4.78, 5) is 45.9. The molecule has 0 aliphatic carbocycles. The van der Waals surface area contributed by atoms with E-state index < -0.39 is 45.1 Å². The summed E-state index contributed by atoms with van der Waals surface area (Å²) in [5, 5.41) is 8.25. The molecule has 0 saturated heterocycles. The Morgan fingerprint density at radius 1 is 0.623 bits per heavy atom. The van der Waals surface area contributed by atoms with Crippen LogP contribution in [0.5, 0.6) is 0 Å². The minimum Gasteiger partial charge on any atom is -0.370 e. The van der Waals surface area contributed by atoms with E-state index in [0.717, 1.165) is 5.56 Å². The number of halogens is 4. The highest BCUT2D eigenvalue weighted by Crippen LogP contribution is 2.44. The van der Waals surface area contributed by atoms with Crippen molar-refractivity contribution in [2.24, 2.45) is 28.2 Å². The van der Waals surface area contributed by atoms with Crippen LogP contribution in [0.25, 0.3) is 0 Å². The van der Waals surface area contributed by atoms with Crippen molar-refractivity contribution in [3.63, 3.8) is 0 Å². The van der Waals surface area contributed by atoms with Gasteiger partial charge >= 0.3 is 15.3 Å². The smallest absolute Gasteiger partial charge is 0.341 e. The largest absolute Gasteiger partial charge is 0.370 e. The first kappa shape index (κ1) is 60.7. The number of benzene rings is 2. The highest BCUT2D eigenvalue weighted by molar-refractivity contribution is 7.54. The van der Waals surface area contributed by atoms with Crippen LogP contribution >= 0.6 is 61.7 Å². The molecule has 2 aromatic rings. The summed E-state index contributed by atoms with van der Waals surface area (Å²) in [5.74, 6) is -0.673. The van der Waals surface area contributed by atoms with Crippen molar-refractivity contribution >= 4 is 96.7 Å². The molecule has 0 aliphatic heterocycles. The Morgan fingerprint density at radius 3 is 1.26 bits per heavy atom. The number of alkyl halides is 4. The summed E-state index contributed by atoms with van der Waals surface area (Å²) >= 11 is 22.8. The van der Waals surface area contributed by atoms with Gasteiger partial charge in [-0.15, -0.1) is 46.4 Å². The Morgan fingerprint density at radius 2 is 0.951 bits per heavy atom. The standard InChI is InChI=1S/C17H28Cl2N5O4P.C16H26Cl2N5O4P.2C2H6/c1-22-15(6-7-16(20)25)17(26)23-14-4-2-13(3-5-14)12-28-29(21,27)24(10-8-18)11-9-19;17-7-9-23(10-8-18)28(21,26)27-11-12-1-3-13(4-2-12)22-16(25)14(19)5-6-15(20)24;2*1-2/h2-5,15,22H,6-12H2,1H3,(H2,20,25)(H2,21,27)(H,23,26);1-4,14H,5-11,19H2,(H2,20,24)(H2,21,26)(H,22,25);2*1-2H3/t15-,29?;14-,28?;;/m00../s1. The van der Waals surface area contributed by atoms with Gasteiger partial charge in [0, 0.05) is 73.9 Å². The summed E-state index contributed by atoms with van der Waals surface area (Å²) < 4.78 is 38.8. The number of primary amides is 2. The fourth-order valence-electron chi connectivity index (χ4n) is 4.62. The number of nitrogens with one attached hydrogen (secondary N) is 3. The van der Waals surface area contributed by atoms with Gasteiger partial charge in [-0.2, -0.15) is 0 Å². The molecule has 2 unspecified atom stereocenters. The first-order valence-corrected chi connectivity index (χ1v) is 25.0. The summed E-state index contributed by atoms with van der Waals surface area (Å²) in [7, 11) is -5.41. The Labute approximate surface area is 381 Å². The third-order valence-corrected chi connectivity index (χ3v) is 11.9. The van der Waals surface area contributed by atoms with Crippen molar-refractivity contribution < 1.29 is 37.4 Å². The highest BCUT2D eigenvalue weighted by atomic mass is 35.5. The number of carbonyl (C=O) groups excluding carboxylic acids is 4. The second-order valence-electron chi connectivity index (χ2n) is 12.2. The monoisotopic (exact) mass is 980 g/mol. The molecule has 0 aromatic heterocycles. The maximum absolute atomic E-state index is 12.6. The zero-order chi connectivity index (χ0) is 47.0. The first-order chi connectivity index (χ1) is 28.9. The molecule has 0 aliphatic rings. The molecule has 24 heteroatoms. The number of likely N-dealkylation sites (N-methyl/N-ethyl adjacent to an activating group) is 1. The zero-order valence-corrected chi connectivity index (χ0v) is 40.4. The van der Waals surface area contributed by atoms with E-state index in [1.165, 1.54) is 9.34 Å².